The molecule has 3 rings (SSSR count). The number of nitrogen functional groups attached to an aromatic ring is 1. The summed E-state index contributed by atoms with van der Waals surface area (Å²) in [4.78, 5) is 17.5. The molecule has 1 fully saturated rings. The Morgan fingerprint density at radius 3 is 2.80 bits per heavy atom. The summed E-state index contributed by atoms with van der Waals surface area (Å²) < 4.78 is 5.33. The summed E-state index contributed by atoms with van der Waals surface area (Å²) >= 11 is 0. The molecule has 3 N–H and O–H groups in total. The number of aromatic amines is 1. The molecule has 5 heteroatoms. The molecule has 0 saturated carbocycles. The van der Waals surface area contributed by atoms with Crippen LogP contribution in [-0.4, -0.2) is 42.1 Å². The summed E-state index contributed by atoms with van der Waals surface area (Å²) in [7, 11) is 1.73. The van der Waals surface area contributed by atoms with Gasteiger partial charge in [0.25, 0.3) is 5.91 Å². The van der Waals surface area contributed by atoms with Crippen molar-refractivity contribution in [2.24, 2.45) is 0 Å². The number of methoxy groups -OCH3 is 1. The maximum absolute atomic E-state index is 12.5. The molecule has 1 aliphatic heterocycles. The van der Waals surface area contributed by atoms with Crippen molar-refractivity contribution in [3.63, 3.8) is 0 Å². The fourth-order valence-corrected chi connectivity index (χ4v) is 2.73. The minimum Gasteiger partial charge on any atom is -0.399 e. The number of H-pyrrole nitrogens is 1. The van der Waals surface area contributed by atoms with Crippen molar-refractivity contribution in [2.45, 2.75) is 18.9 Å². The number of likely N-dealkylation sites (tertiary alicyclic amines) is 1. The average Bonchev–Trinajstić information content (AvgIpc) is 2.89. The lowest BCUT2D eigenvalue weighted by atomic mass is 10.1. The van der Waals surface area contributed by atoms with E-state index < -0.39 is 0 Å². The molecule has 1 aliphatic rings. The highest BCUT2D eigenvalue weighted by Crippen LogP contribution is 2.21. The van der Waals surface area contributed by atoms with Crippen molar-refractivity contribution in [1.82, 2.24) is 9.88 Å². The zero-order valence-electron chi connectivity index (χ0n) is 11.6. The van der Waals surface area contributed by atoms with E-state index in [1.165, 1.54) is 0 Å². The monoisotopic (exact) mass is 273 g/mol. The van der Waals surface area contributed by atoms with Crippen LogP contribution in [0.1, 0.15) is 23.3 Å². The zero-order valence-corrected chi connectivity index (χ0v) is 11.6. The van der Waals surface area contributed by atoms with Gasteiger partial charge in [-0.25, -0.2) is 0 Å². The summed E-state index contributed by atoms with van der Waals surface area (Å²) in [6.07, 6.45) is 2.08. The molecule has 106 valence electrons. The SMILES string of the molecule is COC1CCN(C(=O)c2cc3cc(N)ccc3[nH]2)CC1. The summed E-state index contributed by atoms with van der Waals surface area (Å²) in [5.74, 6) is 0.0503. The van der Waals surface area contributed by atoms with Gasteiger partial charge in [0.15, 0.2) is 0 Å². The van der Waals surface area contributed by atoms with Crippen molar-refractivity contribution in [1.29, 1.82) is 0 Å². The van der Waals surface area contributed by atoms with E-state index in [1.54, 1.807) is 7.11 Å². The number of fused-ring (bicyclic) bond motifs is 1. The van der Waals surface area contributed by atoms with E-state index in [0.717, 1.165) is 36.8 Å². The van der Waals surface area contributed by atoms with Gasteiger partial charge in [-0.3, -0.25) is 4.79 Å². The Morgan fingerprint density at radius 2 is 2.10 bits per heavy atom. The van der Waals surface area contributed by atoms with E-state index in [4.69, 9.17) is 10.5 Å². The Kier molecular flexibility index (Phi) is 3.36. The van der Waals surface area contributed by atoms with Crippen molar-refractivity contribution in [3.8, 4) is 0 Å². The van der Waals surface area contributed by atoms with Crippen LogP contribution in [-0.2, 0) is 4.74 Å². The van der Waals surface area contributed by atoms with E-state index in [9.17, 15) is 4.79 Å². The number of anilines is 1. The van der Waals surface area contributed by atoms with Crippen LogP contribution in [0.25, 0.3) is 10.9 Å². The number of benzene rings is 1. The lowest BCUT2D eigenvalue weighted by Crippen LogP contribution is -2.40. The van der Waals surface area contributed by atoms with Gasteiger partial charge < -0.3 is 20.4 Å². The quantitative estimate of drug-likeness (QED) is 0.822. The molecule has 5 nitrogen and oxygen atoms in total. The molecule has 1 amide bonds. The number of carbonyl (C=O) groups is 1. The summed E-state index contributed by atoms with van der Waals surface area (Å²) in [5.41, 5.74) is 8.03. The molecular formula is C15H19N3O2. The first-order chi connectivity index (χ1) is 9.67. The molecule has 0 spiro atoms. The fraction of sp³-hybridized carbons (Fsp3) is 0.400. The number of nitrogens with zero attached hydrogens (tertiary/aromatic N) is 1. The van der Waals surface area contributed by atoms with E-state index in [-0.39, 0.29) is 12.0 Å². The van der Waals surface area contributed by atoms with Crippen molar-refractivity contribution in [3.05, 3.63) is 30.0 Å². The van der Waals surface area contributed by atoms with Crippen LogP contribution >= 0.6 is 0 Å². The summed E-state index contributed by atoms with van der Waals surface area (Å²) in [6.45, 7) is 1.49. The number of hydrogen-bond donors (Lipinski definition) is 2. The number of ether oxygens (including phenoxy) is 1. The third-order valence-corrected chi connectivity index (χ3v) is 3.94. The molecule has 20 heavy (non-hydrogen) atoms. The highest BCUT2D eigenvalue weighted by molar-refractivity contribution is 5.98. The summed E-state index contributed by atoms with van der Waals surface area (Å²) in [5, 5.41) is 0.972. The largest absolute Gasteiger partial charge is 0.399 e. The van der Waals surface area contributed by atoms with Gasteiger partial charge in [-0.15, -0.1) is 0 Å². The smallest absolute Gasteiger partial charge is 0.270 e. The number of nitrogens with two attached hydrogens (primary N) is 1. The van der Waals surface area contributed by atoms with Crippen LogP contribution in [0.3, 0.4) is 0 Å². The van der Waals surface area contributed by atoms with Crippen molar-refractivity contribution < 1.29 is 9.53 Å². The summed E-state index contributed by atoms with van der Waals surface area (Å²) in [6, 6.07) is 7.48. The molecule has 2 aromatic rings. The molecule has 0 bridgehead atoms. The average molecular weight is 273 g/mol. The Balaban J connectivity index is 1.79. The Bertz CT molecular complexity index is 627. The first-order valence-corrected chi connectivity index (χ1v) is 6.87. The normalized spacial score (nSPS) is 16.8. The molecule has 0 aliphatic carbocycles. The lowest BCUT2D eigenvalue weighted by molar-refractivity contribution is 0.0348. The highest BCUT2D eigenvalue weighted by atomic mass is 16.5. The maximum atomic E-state index is 12.5. The second-order valence-electron chi connectivity index (χ2n) is 5.26. The van der Waals surface area contributed by atoms with Crippen LogP contribution in [0.15, 0.2) is 24.3 Å². The van der Waals surface area contributed by atoms with Gasteiger partial charge in [0.2, 0.25) is 0 Å². The van der Waals surface area contributed by atoms with E-state index in [0.29, 0.717) is 11.4 Å². The van der Waals surface area contributed by atoms with Gasteiger partial charge in [-0.1, -0.05) is 0 Å². The zero-order chi connectivity index (χ0) is 14.1. The molecule has 0 unspecified atom stereocenters. The van der Waals surface area contributed by atoms with Crippen LogP contribution in [0.5, 0.6) is 0 Å². The minimum atomic E-state index is 0.0503. The van der Waals surface area contributed by atoms with E-state index >= 15 is 0 Å². The van der Waals surface area contributed by atoms with Gasteiger partial charge in [0.05, 0.1) is 6.10 Å². The van der Waals surface area contributed by atoms with Gasteiger partial charge in [-0.05, 0) is 37.1 Å². The minimum absolute atomic E-state index is 0.0503. The van der Waals surface area contributed by atoms with Crippen LogP contribution in [0.4, 0.5) is 5.69 Å². The standard InChI is InChI=1S/C15H19N3O2/c1-20-12-4-6-18(7-5-12)15(19)14-9-10-8-11(16)2-3-13(10)17-14/h2-3,8-9,12,17H,4-7,16H2,1H3. The number of piperidine rings is 1. The highest BCUT2D eigenvalue weighted by Gasteiger charge is 2.24. The Hall–Kier alpha value is -2.01. The maximum Gasteiger partial charge on any atom is 0.270 e. The molecule has 1 saturated heterocycles. The van der Waals surface area contributed by atoms with Gasteiger partial charge in [0.1, 0.15) is 5.69 Å². The number of aromatic nitrogens is 1. The first kappa shape index (κ1) is 13.0. The number of rotatable bonds is 2. The third-order valence-electron chi connectivity index (χ3n) is 3.94. The predicted molar refractivity (Wildman–Crippen MR) is 78.6 cm³/mol. The molecule has 0 atom stereocenters. The van der Waals surface area contributed by atoms with Crippen LogP contribution < -0.4 is 5.73 Å². The first-order valence-electron chi connectivity index (χ1n) is 6.87. The van der Waals surface area contributed by atoms with Gasteiger partial charge in [0, 0.05) is 36.8 Å². The Labute approximate surface area is 117 Å². The second kappa shape index (κ2) is 5.17. The number of carbonyl (C=O) groups excluding carboxylic acids is 1. The van der Waals surface area contributed by atoms with Crippen LogP contribution in [0, 0.1) is 0 Å². The van der Waals surface area contributed by atoms with Crippen molar-refractivity contribution >= 4 is 22.5 Å². The number of hydrogen-bond acceptors (Lipinski definition) is 3. The molecular weight excluding hydrogens is 254 g/mol. The van der Waals surface area contributed by atoms with E-state index in [2.05, 4.69) is 4.98 Å². The second-order valence-corrected chi connectivity index (χ2v) is 5.26. The van der Waals surface area contributed by atoms with Crippen LogP contribution in [0.2, 0.25) is 0 Å². The molecule has 2 heterocycles. The fourth-order valence-electron chi connectivity index (χ4n) is 2.73. The lowest BCUT2D eigenvalue weighted by Gasteiger charge is -2.30. The van der Waals surface area contributed by atoms with Gasteiger partial charge in [-0.2, -0.15) is 0 Å². The molecule has 1 aromatic heterocycles. The van der Waals surface area contributed by atoms with E-state index in [1.807, 2.05) is 29.2 Å². The number of nitrogens with one attached hydrogen (secondary N) is 1. The van der Waals surface area contributed by atoms with Crippen molar-refractivity contribution in [2.75, 3.05) is 25.9 Å². The predicted octanol–water partition coefficient (Wildman–Crippen LogP) is 2.00. The topological polar surface area (TPSA) is 71.3 Å². The Morgan fingerprint density at radius 1 is 1.35 bits per heavy atom. The molecule has 0 radical (unpaired) electrons. The third kappa shape index (κ3) is 2.36. The molecule has 1 aromatic carbocycles. The van der Waals surface area contributed by atoms with Gasteiger partial charge >= 0.3 is 0 Å². The number of amides is 1.